The zero-order valence-electron chi connectivity index (χ0n) is 13.0. The lowest BCUT2D eigenvalue weighted by Gasteiger charge is -2.05. The molecule has 23 heavy (non-hydrogen) atoms. The number of anilines is 1. The molecule has 1 N–H and O–H groups in total. The molecule has 0 fully saturated rings. The van der Waals surface area contributed by atoms with Gasteiger partial charge in [0, 0.05) is 11.1 Å². The summed E-state index contributed by atoms with van der Waals surface area (Å²) in [6, 6.07) is 0. The van der Waals surface area contributed by atoms with Crippen molar-refractivity contribution in [2.24, 2.45) is 0 Å². The predicted octanol–water partition coefficient (Wildman–Crippen LogP) is 3.55. The van der Waals surface area contributed by atoms with E-state index in [2.05, 4.69) is 20.3 Å². The average molecular weight is 348 g/mol. The fraction of sp³-hybridized carbons (Fsp3) is 0.333. The molecule has 0 saturated heterocycles. The summed E-state index contributed by atoms with van der Waals surface area (Å²) in [6.07, 6.45) is 3.36. The fourth-order valence-corrected chi connectivity index (χ4v) is 4.03. The molecule has 0 aliphatic heterocycles. The van der Waals surface area contributed by atoms with Crippen molar-refractivity contribution >= 4 is 44.7 Å². The van der Waals surface area contributed by atoms with Crippen LogP contribution < -0.4 is 5.32 Å². The van der Waals surface area contributed by atoms with Crippen LogP contribution in [0, 0.1) is 13.8 Å². The highest BCUT2D eigenvalue weighted by molar-refractivity contribution is 7.20. The Balaban J connectivity index is 1.92. The summed E-state index contributed by atoms with van der Waals surface area (Å²) < 4.78 is 5.11. The van der Waals surface area contributed by atoms with E-state index in [1.807, 2.05) is 20.0 Å². The number of esters is 1. The maximum absolute atomic E-state index is 12.0. The van der Waals surface area contributed by atoms with E-state index in [-0.39, 0.29) is 5.97 Å². The number of aromatic nitrogens is 3. The molecule has 3 aromatic rings. The van der Waals surface area contributed by atoms with E-state index < -0.39 is 0 Å². The molecule has 0 saturated carbocycles. The topological polar surface area (TPSA) is 77.0 Å². The van der Waals surface area contributed by atoms with Gasteiger partial charge in [0.05, 0.1) is 23.5 Å². The molecule has 0 aliphatic carbocycles. The monoisotopic (exact) mass is 348 g/mol. The number of aryl methyl sites for hydroxylation is 2. The van der Waals surface area contributed by atoms with E-state index in [0.717, 1.165) is 31.5 Å². The van der Waals surface area contributed by atoms with Crippen LogP contribution in [0.25, 0.3) is 10.2 Å². The number of ether oxygens (including phenoxy) is 1. The number of carbonyl (C=O) groups excluding carboxylic acids is 1. The number of rotatable bonds is 5. The molecule has 0 radical (unpaired) electrons. The normalized spacial score (nSPS) is 10.9. The van der Waals surface area contributed by atoms with Crippen molar-refractivity contribution in [3.05, 3.63) is 32.8 Å². The van der Waals surface area contributed by atoms with Crippen molar-refractivity contribution in [3.8, 4) is 0 Å². The van der Waals surface area contributed by atoms with Crippen molar-refractivity contribution in [2.75, 3.05) is 11.9 Å². The highest BCUT2D eigenvalue weighted by Crippen LogP contribution is 2.33. The van der Waals surface area contributed by atoms with Crippen molar-refractivity contribution in [1.29, 1.82) is 0 Å². The molecule has 120 valence electrons. The Bertz CT molecular complexity index is 856. The lowest BCUT2D eigenvalue weighted by molar-refractivity contribution is 0.0531. The third-order valence-corrected chi connectivity index (χ3v) is 5.38. The van der Waals surface area contributed by atoms with Crippen LogP contribution in [-0.4, -0.2) is 27.5 Å². The molecule has 0 bridgehead atoms. The Morgan fingerprint density at radius 3 is 2.78 bits per heavy atom. The van der Waals surface area contributed by atoms with Gasteiger partial charge in [-0.25, -0.2) is 19.7 Å². The zero-order valence-corrected chi connectivity index (χ0v) is 14.7. The van der Waals surface area contributed by atoms with E-state index >= 15 is 0 Å². The number of thiazole rings is 1. The maximum Gasteiger partial charge on any atom is 0.348 e. The van der Waals surface area contributed by atoms with Gasteiger partial charge in [-0.05, 0) is 26.3 Å². The predicted molar refractivity (Wildman–Crippen MR) is 92.3 cm³/mol. The summed E-state index contributed by atoms with van der Waals surface area (Å²) in [7, 11) is 0. The zero-order chi connectivity index (χ0) is 16.4. The summed E-state index contributed by atoms with van der Waals surface area (Å²) in [5.74, 6) is 0.419. The van der Waals surface area contributed by atoms with Crippen LogP contribution in [-0.2, 0) is 11.3 Å². The minimum absolute atomic E-state index is 0.308. The van der Waals surface area contributed by atoms with Crippen molar-refractivity contribution in [3.63, 3.8) is 0 Å². The summed E-state index contributed by atoms with van der Waals surface area (Å²) in [4.78, 5) is 27.4. The number of hydrogen-bond donors (Lipinski definition) is 1. The Labute approximate surface area is 141 Å². The lowest BCUT2D eigenvalue weighted by atomic mass is 10.2. The number of fused-ring (bicyclic) bond motifs is 1. The first kappa shape index (κ1) is 15.8. The van der Waals surface area contributed by atoms with Crippen LogP contribution in [0.2, 0.25) is 0 Å². The molecule has 0 atom stereocenters. The molecular weight excluding hydrogens is 332 g/mol. The molecule has 3 rings (SSSR count). The molecule has 3 aromatic heterocycles. The van der Waals surface area contributed by atoms with E-state index in [1.165, 1.54) is 17.7 Å². The Morgan fingerprint density at radius 1 is 1.26 bits per heavy atom. The largest absolute Gasteiger partial charge is 0.462 e. The molecule has 0 spiro atoms. The van der Waals surface area contributed by atoms with Crippen LogP contribution in [0.15, 0.2) is 12.5 Å². The summed E-state index contributed by atoms with van der Waals surface area (Å²) in [5.41, 5.74) is 0.854. The van der Waals surface area contributed by atoms with Gasteiger partial charge in [0.2, 0.25) is 0 Å². The van der Waals surface area contributed by atoms with Gasteiger partial charge in [-0.2, -0.15) is 0 Å². The van der Waals surface area contributed by atoms with Gasteiger partial charge in [0.15, 0.2) is 0 Å². The van der Waals surface area contributed by atoms with E-state index in [0.29, 0.717) is 18.0 Å². The third-order valence-electron chi connectivity index (χ3n) is 3.29. The van der Waals surface area contributed by atoms with E-state index in [9.17, 15) is 4.79 Å². The minimum Gasteiger partial charge on any atom is -0.462 e. The standard InChI is InChI=1S/C15H16N4O2S2/c1-4-21-15(20)12-8(2)11-13(18-7-19-14(11)23-12)17-6-10-5-16-9(3)22-10/h5,7H,4,6H2,1-3H3,(H,17,18,19). The smallest absolute Gasteiger partial charge is 0.348 e. The molecule has 6 nitrogen and oxygen atoms in total. The van der Waals surface area contributed by atoms with Crippen molar-refractivity contribution in [1.82, 2.24) is 15.0 Å². The minimum atomic E-state index is -0.308. The van der Waals surface area contributed by atoms with Crippen molar-refractivity contribution < 1.29 is 9.53 Å². The second kappa shape index (κ2) is 6.59. The molecule has 0 aliphatic rings. The molecule has 0 amide bonds. The lowest BCUT2D eigenvalue weighted by Crippen LogP contribution is -2.04. The first-order valence-corrected chi connectivity index (χ1v) is 8.79. The summed E-state index contributed by atoms with van der Waals surface area (Å²) in [6.45, 7) is 6.67. The fourth-order valence-electron chi connectivity index (χ4n) is 2.25. The van der Waals surface area contributed by atoms with Gasteiger partial charge in [-0.3, -0.25) is 0 Å². The van der Waals surface area contributed by atoms with Gasteiger partial charge in [0.25, 0.3) is 0 Å². The number of thiophene rings is 1. The van der Waals surface area contributed by atoms with Crippen LogP contribution >= 0.6 is 22.7 Å². The average Bonchev–Trinajstić information content (AvgIpc) is 3.10. The molecular formula is C15H16N4O2S2. The third kappa shape index (κ3) is 3.18. The van der Waals surface area contributed by atoms with Gasteiger partial charge < -0.3 is 10.1 Å². The van der Waals surface area contributed by atoms with Crippen LogP contribution in [0.1, 0.15) is 32.0 Å². The maximum atomic E-state index is 12.0. The van der Waals surface area contributed by atoms with Crippen molar-refractivity contribution in [2.45, 2.75) is 27.3 Å². The Morgan fingerprint density at radius 2 is 2.09 bits per heavy atom. The number of hydrogen-bond acceptors (Lipinski definition) is 8. The summed E-state index contributed by atoms with van der Waals surface area (Å²) in [5, 5.41) is 5.23. The second-order valence-electron chi connectivity index (χ2n) is 4.88. The molecule has 0 aromatic carbocycles. The highest BCUT2D eigenvalue weighted by atomic mass is 32.1. The van der Waals surface area contributed by atoms with Gasteiger partial charge >= 0.3 is 5.97 Å². The van der Waals surface area contributed by atoms with Gasteiger partial charge in [-0.1, -0.05) is 0 Å². The Kier molecular flexibility index (Phi) is 4.53. The number of carbonyl (C=O) groups is 1. The highest BCUT2D eigenvalue weighted by Gasteiger charge is 2.20. The SMILES string of the molecule is CCOC(=O)c1sc2ncnc(NCc3cnc(C)s3)c2c1C. The van der Waals surface area contributed by atoms with Gasteiger partial charge in [0.1, 0.15) is 21.9 Å². The van der Waals surface area contributed by atoms with Crippen LogP contribution in [0.3, 0.4) is 0 Å². The van der Waals surface area contributed by atoms with E-state index in [4.69, 9.17) is 4.74 Å². The van der Waals surface area contributed by atoms with Gasteiger partial charge in [-0.15, -0.1) is 22.7 Å². The molecule has 0 unspecified atom stereocenters. The summed E-state index contributed by atoms with van der Waals surface area (Å²) >= 11 is 2.98. The molecule has 3 heterocycles. The second-order valence-corrected chi connectivity index (χ2v) is 7.20. The number of nitrogens with one attached hydrogen (secondary N) is 1. The first-order chi connectivity index (χ1) is 11.1. The van der Waals surface area contributed by atoms with E-state index in [1.54, 1.807) is 18.3 Å². The van der Waals surface area contributed by atoms with Crippen LogP contribution in [0.5, 0.6) is 0 Å². The Hall–Kier alpha value is -2.06. The van der Waals surface area contributed by atoms with Crippen LogP contribution in [0.4, 0.5) is 5.82 Å². The molecule has 8 heteroatoms. The number of nitrogens with zero attached hydrogens (tertiary/aromatic N) is 3. The first-order valence-electron chi connectivity index (χ1n) is 7.16. The quantitative estimate of drug-likeness (QED) is 0.711.